The number of rotatable bonds is 4. The van der Waals surface area contributed by atoms with Crippen LogP contribution in [-0.2, 0) is 4.79 Å². The third-order valence-corrected chi connectivity index (χ3v) is 3.90. The van der Waals surface area contributed by atoms with Crippen molar-refractivity contribution in [2.45, 2.75) is 0 Å². The topological polar surface area (TPSA) is 68.5 Å². The first kappa shape index (κ1) is 13.8. The normalized spacial score (nSPS) is 10.8. The van der Waals surface area contributed by atoms with Crippen molar-refractivity contribution in [3.05, 3.63) is 35.5 Å². The second-order valence-corrected chi connectivity index (χ2v) is 5.53. The average molecular weight is 323 g/mol. The number of hydrogen-bond acceptors (Lipinski definition) is 5. The lowest BCUT2D eigenvalue weighted by Gasteiger charge is -2.00. The molecule has 3 rings (SSSR count). The highest BCUT2D eigenvalue weighted by molar-refractivity contribution is 7.18. The minimum absolute atomic E-state index is 0.0660. The third kappa shape index (κ3) is 2.84. The molecule has 108 valence electrons. The van der Waals surface area contributed by atoms with Gasteiger partial charge >= 0.3 is 0 Å². The summed E-state index contributed by atoms with van der Waals surface area (Å²) in [6.45, 7) is -0.0660. The molecule has 2 aromatic heterocycles. The molecule has 21 heavy (non-hydrogen) atoms. The monoisotopic (exact) mass is 322 g/mol. The van der Waals surface area contributed by atoms with Crippen LogP contribution in [0.2, 0.25) is 5.02 Å². The van der Waals surface area contributed by atoms with Crippen LogP contribution in [0.15, 0.2) is 30.5 Å². The number of carbonyl (C=O) groups is 1. The number of benzene rings is 1. The highest BCUT2D eigenvalue weighted by atomic mass is 35.5. The van der Waals surface area contributed by atoms with Crippen molar-refractivity contribution in [3.63, 3.8) is 0 Å². The number of hydrogen-bond donors (Lipinski definition) is 1. The molecule has 2 heterocycles. The van der Waals surface area contributed by atoms with E-state index in [0.29, 0.717) is 15.2 Å². The summed E-state index contributed by atoms with van der Waals surface area (Å²) >= 11 is 7.17. The molecular weight excluding hydrogens is 312 g/mol. The molecule has 0 aliphatic carbocycles. The predicted molar refractivity (Wildman–Crippen MR) is 80.9 cm³/mol. The summed E-state index contributed by atoms with van der Waals surface area (Å²) in [5.74, 6) is -0.208. The first-order chi connectivity index (χ1) is 10.2. The second kappa shape index (κ2) is 5.71. The first-order valence-corrected chi connectivity index (χ1v) is 7.30. The quantitative estimate of drug-likeness (QED) is 0.800. The van der Waals surface area contributed by atoms with Crippen molar-refractivity contribution in [2.24, 2.45) is 0 Å². The van der Waals surface area contributed by atoms with Gasteiger partial charge in [-0.2, -0.15) is 4.52 Å². The van der Waals surface area contributed by atoms with Gasteiger partial charge in [0.15, 0.2) is 6.61 Å². The fourth-order valence-electron chi connectivity index (χ4n) is 1.75. The van der Waals surface area contributed by atoms with Crippen LogP contribution in [0, 0.1) is 0 Å². The van der Waals surface area contributed by atoms with Crippen molar-refractivity contribution < 1.29 is 9.53 Å². The highest BCUT2D eigenvalue weighted by Gasteiger charge is 2.13. The van der Waals surface area contributed by atoms with Gasteiger partial charge < -0.3 is 10.1 Å². The van der Waals surface area contributed by atoms with Crippen LogP contribution in [0.3, 0.4) is 0 Å². The van der Waals surface area contributed by atoms with Crippen LogP contribution in [0.1, 0.15) is 0 Å². The fraction of sp³-hybridized carbons (Fsp3) is 0.154. The van der Waals surface area contributed by atoms with E-state index in [1.807, 2.05) is 24.3 Å². The summed E-state index contributed by atoms with van der Waals surface area (Å²) in [5, 5.41) is 7.87. The van der Waals surface area contributed by atoms with Gasteiger partial charge in [0.1, 0.15) is 0 Å². The van der Waals surface area contributed by atoms with Crippen LogP contribution < -0.4 is 10.1 Å². The lowest BCUT2D eigenvalue weighted by Crippen LogP contribution is -2.24. The van der Waals surface area contributed by atoms with E-state index in [1.165, 1.54) is 11.3 Å². The summed E-state index contributed by atoms with van der Waals surface area (Å²) in [5.41, 5.74) is 1.79. The molecule has 1 amide bonds. The molecule has 3 aromatic rings. The molecule has 0 unspecified atom stereocenters. The van der Waals surface area contributed by atoms with Gasteiger partial charge in [-0.25, -0.2) is 4.98 Å². The molecule has 0 saturated carbocycles. The van der Waals surface area contributed by atoms with Crippen LogP contribution in [0.4, 0.5) is 0 Å². The van der Waals surface area contributed by atoms with E-state index in [4.69, 9.17) is 16.3 Å². The molecule has 0 saturated heterocycles. The molecule has 0 atom stereocenters. The Kier molecular flexibility index (Phi) is 3.76. The van der Waals surface area contributed by atoms with Gasteiger partial charge in [-0.05, 0) is 23.5 Å². The van der Waals surface area contributed by atoms with Crippen molar-refractivity contribution in [1.29, 1.82) is 0 Å². The van der Waals surface area contributed by atoms with Crippen molar-refractivity contribution in [2.75, 3.05) is 13.7 Å². The average Bonchev–Trinajstić information content (AvgIpc) is 3.05. The van der Waals surface area contributed by atoms with Gasteiger partial charge in [0.25, 0.3) is 11.1 Å². The predicted octanol–water partition coefficient (Wildman–Crippen LogP) is 2.24. The van der Waals surface area contributed by atoms with Crippen molar-refractivity contribution in [3.8, 4) is 16.5 Å². The van der Waals surface area contributed by atoms with Crippen LogP contribution >= 0.6 is 22.9 Å². The molecule has 0 spiro atoms. The number of ether oxygens (including phenoxy) is 1. The molecule has 0 bridgehead atoms. The van der Waals surface area contributed by atoms with E-state index in [9.17, 15) is 4.79 Å². The SMILES string of the molecule is CNC(=O)COc1nn2c(-c3ccc(Cl)cc3)cnc2s1. The fourth-order valence-corrected chi connectivity index (χ4v) is 2.60. The lowest BCUT2D eigenvalue weighted by molar-refractivity contribution is -0.122. The Bertz CT molecular complexity index is 781. The number of carbonyl (C=O) groups excluding carboxylic acids is 1. The summed E-state index contributed by atoms with van der Waals surface area (Å²) < 4.78 is 7.01. The van der Waals surface area contributed by atoms with Crippen LogP contribution in [0.5, 0.6) is 5.19 Å². The van der Waals surface area contributed by atoms with Gasteiger partial charge in [0.05, 0.1) is 11.9 Å². The molecule has 1 N–H and O–H groups in total. The van der Waals surface area contributed by atoms with Crippen molar-refractivity contribution in [1.82, 2.24) is 19.9 Å². The smallest absolute Gasteiger partial charge is 0.294 e. The van der Waals surface area contributed by atoms with Gasteiger partial charge in [-0.1, -0.05) is 23.7 Å². The maximum atomic E-state index is 11.2. The minimum atomic E-state index is -0.208. The largest absolute Gasteiger partial charge is 0.459 e. The summed E-state index contributed by atoms with van der Waals surface area (Å²) in [6, 6.07) is 7.42. The van der Waals surface area contributed by atoms with E-state index in [2.05, 4.69) is 15.4 Å². The highest BCUT2D eigenvalue weighted by Crippen LogP contribution is 2.27. The number of halogens is 1. The molecule has 1 aromatic carbocycles. The van der Waals surface area contributed by atoms with E-state index < -0.39 is 0 Å². The standard InChI is InChI=1S/C13H11ClN4O2S/c1-15-11(19)7-20-13-17-18-10(6-16-12(18)21-13)8-2-4-9(14)5-3-8/h2-6H,7H2,1H3,(H,15,19). The summed E-state index contributed by atoms with van der Waals surface area (Å²) in [6.07, 6.45) is 1.74. The zero-order chi connectivity index (χ0) is 14.8. The van der Waals surface area contributed by atoms with Crippen LogP contribution in [-0.4, -0.2) is 34.2 Å². The number of nitrogens with zero attached hydrogens (tertiary/aromatic N) is 3. The van der Waals surface area contributed by atoms with Crippen molar-refractivity contribution >= 4 is 33.8 Å². The molecule has 6 nitrogen and oxygen atoms in total. The third-order valence-electron chi connectivity index (χ3n) is 2.81. The minimum Gasteiger partial charge on any atom is -0.459 e. The summed E-state index contributed by atoms with van der Waals surface area (Å²) in [4.78, 5) is 16.2. The Labute approximate surface area is 129 Å². The summed E-state index contributed by atoms with van der Waals surface area (Å²) in [7, 11) is 1.55. The second-order valence-electron chi connectivity index (χ2n) is 4.17. The van der Waals surface area contributed by atoms with Gasteiger partial charge in [-0.3, -0.25) is 4.79 Å². The molecule has 0 aliphatic heterocycles. The zero-order valence-corrected chi connectivity index (χ0v) is 12.6. The van der Waals surface area contributed by atoms with Gasteiger partial charge in [0, 0.05) is 17.6 Å². The maximum absolute atomic E-state index is 11.2. The molecule has 0 radical (unpaired) electrons. The lowest BCUT2D eigenvalue weighted by atomic mass is 10.2. The molecular formula is C13H11ClN4O2S. The molecule has 0 aliphatic rings. The van der Waals surface area contributed by atoms with E-state index in [-0.39, 0.29) is 12.5 Å². The van der Waals surface area contributed by atoms with E-state index in [0.717, 1.165) is 11.3 Å². The van der Waals surface area contributed by atoms with E-state index in [1.54, 1.807) is 17.8 Å². The Morgan fingerprint density at radius 1 is 1.43 bits per heavy atom. The number of imidazole rings is 1. The number of amides is 1. The number of aromatic nitrogens is 3. The number of nitrogens with one attached hydrogen (secondary N) is 1. The molecule has 0 fully saturated rings. The Morgan fingerprint density at radius 3 is 2.90 bits per heavy atom. The van der Waals surface area contributed by atoms with Crippen LogP contribution in [0.25, 0.3) is 16.2 Å². The van der Waals surface area contributed by atoms with Gasteiger partial charge in [-0.15, -0.1) is 5.10 Å². The zero-order valence-electron chi connectivity index (χ0n) is 11.0. The van der Waals surface area contributed by atoms with Gasteiger partial charge in [0.2, 0.25) is 4.96 Å². The molecule has 8 heteroatoms. The first-order valence-electron chi connectivity index (χ1n) is 6.11. The Morgan fingerprint density at radius 2 is 2.19 bits per heavy atom. The van der Waals surface area contributed by atoms with E-state index >= 15 is 0 Å². The number of likely N-dealkylation sites (N-methyl/N-ethyl adjacent to an activating group) is 1. The maximum Gasteiger partial charge on any atom is 0.294 e. The number of fused-ring (bicyclic) bond motifs is 1. The Hall–Kier alpha value is -2.12. The Balaban J connectivity index is 1.89.